The van der Waals surface area contributed by atoms with E-state index in [4.69, 9.17) is 4.74 Å². The number of hydrogen-bond donors (Lipinski definition) is 0. The first kappa shape index (κ1) is 23.6. The quantitative estimate of drug-likeness (QED) is 0.515. The Morgan fingerprint density at radius 2 is 1.95 bits per heavy atom. The van der Waals surface area contributed by atoms with E-state index < -0.39 is 0 Å². The van der Waals surface area contributed by atoms with Crippen LogP contribution < -0.4 is 9.80 Å². The molecule has 37 heavy (non-hydrogen) atoms. The van der Waals surface area contributed by atoms with Crippen molar-refractivity contribution < 1.29 is 9.53 Å². The van der Waals surface area contributed by atoms with E-state index in [1.165, 1.54) is 6.08 Å². The molecule has 3 saturated heterocycles. The van der Waals surface area contributed by atoms with E-state index in [-0.39, 0.29) is 11.3 Å². The molecule has 0 radical (unpaired) electrons. The van der Waals surface area contributed by atoms with Crippen molar-refractivity contribution in [3.05, 3.63) is 54.2 Å². The number of rotatable bonds is 4. The number of benzene rings is 2. The summed E-state index contributed by atoms with van der Waals surface area (Å²) in [6, 6.07) is 11.2. The number of carbonyl (C=O) groups excluding carboxylic acids is 1. The van der Waals surface area contributed by atoms with Crippen molar-refractivity contribution in [3.8, 4) is 17.2 Å². The van der Waals surface area contributed by atoms with Gasteiger partial charge in [-0.15, -0.1) is 0 Å². The summed E-state index contributed by atoms with van der Waals surface area (Å²) >= 11 is 0. The molecule has 1 spiro atoms. The first-order chi connectivity index (χ1) is 17.9. The number of amides is 1. The molecule has 3 fully saturated rings. The van der Waals surface area contributed by atoms with Gasteiger partial charge in [-0.2, -0.15) is 10.4 Å². The van der Waals surface area contributed by atoms with Gasteiger partial charge in [-0.3, -0.25) is 9.48 Å². The van der Waals surface area contributed by atoms with Crippen LogP contribution in [-0.4, -0.2) is 73.1 Å². The van der Waals surface area contributed by atoms with Crippen LogP contribution in [0.3, 0.4) is 0 Å². The number of aromatic nitrogens is 2. The smallest absolute Gasteiger partial charge is 0.245 e. The molecule has 0 unspecified atom stereocenters. The standard InChI is InChI=1S/C29H32N6O2/c1-4-26(36)35-18-29(19-35)7-8-34(17-29)25-14-22(33-9-11-37-12-10-33)13-23(24(25)15-30)27-20(2)5-6-21-16-31-32(3)28(21)27/h4-6,13-14,16H,1,7-12,17-19H2,2-3H3. The second kappa shape index (κ2) is 8.93. The van der Waals surface area contributed by atoms with Gasteiger partial charge in [-0.1, -0.05) is 18.7 Å². The fourth-order valence-electron chi connectivity index (χ4n) is 6.33. The van der Waals surface area contributed by atoms with Gasteiger partial charge in [0.25, 0.3) is 0 Å². The van der Waals surface area contributed by atoms with E-state index in [2.05, 4.69) is 58.7 Å². The molecule has 0 saturated carbocycles. The van der Waals surface area contributed by atoms with Gasteiger partial charge in [0.15, 0.2) is 0 Å². The molecule has 3 aliphatic heterocycles. The summed E-state index contributed by atoms with van der Waals surface area (Å²) in [5.41, 5.74) is 7.04. The van der Waals surface area contributed by atoms with Crippen LogP contribution >= 0.6 is 0 Å². The van der Waals surface area contributed by atoms with Gasteiger partial charge in [0, 0.05) is 73.9 Å². The molecule has 6 rings (SSSR count). The highest BCUT2D eigenvalue weighted by Crippen LogP contribution is 2.45. The zero-order valence-corrected chi connectivity index (χ0v) is 21.5. The third kappa shape index (κ3) is 3.85. The van der Waals surface area contributed by atoms with Crippen LogP contribution in [0.15, 0.2) is 43.1 Å². The highest BCUT2D eigenvalue weighted by molar-refractivity contribution is 5.99. The number of morpholine rings is 1. The lowest BCUT2D eigenvalue weighted by molar-refractivity contribution is -0.136. The van der Waals surface area contributed by atoms with Gasteiger partial charge < -0.3 is 19.4 Å². The molecular weight excluding hydrogens is 464 g/mol. The average molecular weight is 497 g/mol. The molecule has 3 aromatic rings. The molecule has 8 nitrogen and oxygen atoms in total. The van der Waals surface area contributed by atoms with E-state index in [0.29, 0.717) is 18.8 Å². The van der Waals surface area contributed by atoms with Crippen LogP contribution in [0.5, 0.6) is 0 Å². The van der Waals surface area contributed by atoms with Crippen LogP contribution in [0.1, 0.15) is 17.5 Å². The summed E-state index contributed by atoms with van der Waals surface area (Å²) in [6.07, 6.45) is 4.28. The third-order valence-electron chi connectivity index (χ3n) is 8.29. The van der Waals surface area contributed by atoms with Crippen LogP contribution in [0.4, 0.5) is 11.4 Å². The lowest BCUT2D eigenvalue weighted by Crippen LogP contribution is -2.59. The van der Waals surface area contributed by atoms with E-state index >= 15 is 0 Å². The first-order valence-electron chi connectivity index (χ1n) is 12.9. The number of nitriles is 1. The Labute approximate surface area is 217 Å². The van der Waals surface area contributed by atoms with Crippen molar-refractivity contribution in [2.45, 2.75) is 13.3 Å². The van der Waals surface area contributed by atoms with Gasteiger partial charge in [0.2, 0.25) is 5.91 Å². The summed E-state index contributed by atoms with van der Waals surface area (Å²) < 4.78 is 7.53. The SMILES string of the molecule is C=CC(=O)N1CC2(CCN(c3cc(N4CCOCC4)cc(-c4c(C)ccc5cnn(C)c45)c3C#N)C2)C1. The maximum Gasteiger partial charge on any atom is 0.245 e. The minimum atomic E-state index is -0.00173. The second-order valence-electron chi connectivity index (χ2n) is 10.6. The van der Waals surface area contributed by atoms with Crippen molar-refractivity contribution in [1.29, 1.82) is 5.26 Å². The van der Waals surface area contributed by atoms with Crippen molar-refractivity contribution >= 4 is 28.2 Å². The monoisotopic (exact) mass is 496 g/mol. The molecule has 2 aromatic carbocycles. The number of likely N-dealkylation sites (tertiary alicyclic amines) is 1. The van der Waals surface area contributed by atoms with Gasteiger partial charge in [0.1, 0.15) is 6.07 Å². The number of anilines is 2. The normalized spacial score (nSPS) is 18.8. The molecule has 1 amide bonds. The highest BCUT2D eigenvalue weighted by atomic mass is 16.5. The Morgan fingerprint density at radius 3 is 2.68 bits per heavy atom. The van der Waals surface area contributed by atoms with Crippen molar-refractivity contribution in [2.24, 2.45) is 12.5 Å². The summed E-state index contributed by atoms with van der Waals surface area (Å²) in [5.74, 6) is -0.00173. The van der Waals surface area contributed by atoms with Crippen molar-refractivity contribution in [3.63, 3.8) is 0 Å². The number of carbonyl (C=O) groups is 1. The van der Waals surface area contributed by atoms with Crippen LogP contribution in [-0.2, 0) is 16.6 Å². The summed E-state index contributed by atoms with van der Waals surface area (Å²) in [5, 5.41) is 16.1. The fourth-order valence-corrected chi connectivity index (χ4v) is 6.33. The Bertz CT molecular complexity index is 1440. The molecule has 0 N–H and O–H groups in total. The fraction of sp³-hybridized carbons (Fsp3) is 0.414. The van der Waals surface area contributed by atoms with Crippen LogP contribution in [0, 0.1) is 23.7 Å². The Hall–Kier alpha value is -3.83. The summed E-state index contributed by atoms with van der Waals surface area (Å²) in [7, 11) is 1.96. The molecule has 4 heterocycles. The Kier molecular flexibility index (Phi) is 5.68. The van der Waals surface area contributed by atoms with Crippen LogP contribution in [0.25, 0.3) is 22.0 Å². The topological polar surface area (TPSA) is 77.6 Å². The van der Waals surface area contributed by atoms with Crippen LogP contribution in [0.2, 0.25) is 0 Å². The minimum Gasteiger partial charge on any atom is -0.378 e. The average Bonchev–Trinajstić information content (AvgIpc) is 3.52. The zero-order valence-electron chi connectivity index (χ0n) is 21.5. The lowest BCUT2D eigenvalue weighted by atomic mass is 9.79. The lowest BCUT2D eigenvalue weighted by Gasteiger charge is -2.47. The predicted molar refractivity (Wildman–Crippen MR) is 145 cm³/mol. The summed E-state index contributed by atoms with van der Waals surface area (Å²) in [4.78, 5) is 18.7. The molecule has 1 aromatic heterocycles. The van der Waals surface area contributed by atoms with Gasteiger partial charge in [-0.25, -0.2) is 0 Å². The largest absolute Gasteiger partial charge is 0.378 e. The molecular formula is C29H32N6O2. The van der Waals surface area contributed by atoms with Crippen molar-refractivity contribution in [2.75, 3.05) is 62.3 Å². The number of nitrogens with zero attached hydrogens (tertiary/aromatic N) is 6. The highest BCUT2D eigenvalue weighted by Gasteiger charge is 2.49. The van der Waals surface area contributed by atoms with E-state index in [1.54, 1.807) is 0 Å². The maximum absolute atomic E-state index is 12.1. The molecule has 0 aliphatic carbocycles. The number of hydrogen-bond acceptors (Lipinski definition) is 6. The van der Waals surface area contributed by atoms with E-state index in [0.717, 1.165) is 84.7 Å². The predicted octanol–water partition coefficient (Wildman–Crippen LogP) is 3.48. The zero-order chi connectivity index (χ0) is 25.7. The maximum atomic E-state index is 12.1. The molecule has 190 valence electrons. The molecule has 3 aliphatic rings. The summed E-state index contributed by atoms with van der Waals surface area (Å²) in [6.45, 7) is 12.0. The number of ether oxygens (including phenoxy) is 1. The van der Waals surface area contributed by atoms with Crippen molar-refractivity contribution in [1.82, 2.24) is 14.7 Å². The molecule has 0 bridgehead atoms. The van der Waals surface area contributed by atoms with Gasteiger partial charge in [0.05, 0.1) is 36.2 Å². The second-order valence-corrected chi connectivity index (χ2v) is 10.6. The van der Waals surface area contributed by atoms with E-state index in [9.17, 15) is 10.1 Å². The molecule has 8 heteroatoms. The van der Waals surface area contributed by atoms with Gasteiger partial charge >= 0.3 is 0 Å². The van der Waals surface area contributed by atoms with Gasteiger partial charge in [-0.05, 0) is 37.1 Å². The molecule has 0 atom stereocenters. The number of aryl methyl sites for hydroxylation is 2. The Balaban J connectivity index is 1.47. The third-order valence-corrected chi connectivity index (χ3v) is 8.29. The number of fused-ring (bicyclic) bond motifs is 1. The minimum absolute atomic E-state index is 0.00173. The Morgan fingerprint density at radius 1 is 1.16 bits per heavy atom. The first-order valence-corrected chi connectivity index (χ1v) is 12.9. The van der Waals surface area contributed by atoms with E-state index in [1.807, 2.05) is 22.8 Å².